The van der Waals surface area contributed by atoms with Crippen LogP contribution in [0.3, 0.4) is 0 Å². The molecule has 3 aromatic carbocycles. The van der Waals surface area contributed by atoms with E-state index < -0.39 is 0 Å². The van der Waals surface area contributed by atoms with Crippen LogP contribution >= 0.6 is 11.6 Å². The molecule has 180 valence electrons. The second-order valence-corrected chi connectivity index (χ2v) is 8.46. The fourth-order valence-corrected chi connectivity index (χ4v) is 3.74. The first-order chi connectivity index (χ1) is 17.4. The van der Waals surface area contributed by atoms with Crippen LogP contribution in [0, 0.1) is 12.7 Å². The highest BCUT2D eigenvalue weighted by Crippen LogP contribution is 2.24. The van der Waals surface area contributed by atoms with Crippen LogP contribution in [0.5, 0.6) is 0 Å². The van der Waals surface area contributed by atoms with E-state index in [0.717, 1.165) is 11.1 Å². The number of imidazole rings is 1. The topological polar surface area (TPSA) is 97.9 Å². The fraction of sp³-hybridized carbons (Fsp3) is 0.0769. The number of carbonyl (C=O) groups is 1. The van der Waals surface area contributed by atoms with E-state index >= 15 is 0 Å². The Kier molecular flexibility index (Phi) is 6.46. The number of nitrogens with zero attached hydrogens (tertiary/aromatic N) is 4. The summed E-state index contributed by atoms with van der Waals surface area (Å²) in [6.45, 7) is 2.39. The van der Waals surface area contributed by atoms with E-state index in [-0.39, 0.29) is 23.6 Å². The zero-order chi connectivity index (χ0) is 25.1. The van der Waals surface area contributed by atoms with Gasteiger partial charge in [0.15, 0.2) is 0 Å². The standard InChI is InChI=1S/C26H20ClFN6O2/c1-16-21(27)6-3-7-22(16)31-26(35)30-20-10-8-17(9-11-20)13-34-14-23(29-15-34)25-32-24(33-36-25)18-4-2-5-19(28)12-18/h2-12,14-15H,13H2,1H3,(H2,30,31,35). The number of hydrogen-bond acceptors (Lipinski definition) is 5. The lowest BCUT2D eigenvalue weighted by Crippen LogP contribution is -2.20. The van der Waals surface area contributed by atoms with Crippen molar-refractivity contribution in [1.29, 1.82) is 0 Å². The summed E-state index contributed by atoms with van der Waals surface area (Å²) in [6, 6.07) is 18.4. The lowest BCUT2D eigenvalue weighted by Gasteiger charge is -2.11. The molecule has 0 aliphatic heterocycles. The van der Waals surface area contributed by atoms with Crippen LogP contribution in [0.4, 0.5) is 20.6 Å². The maximum absolute atomic E-state index is 13.5. The number of rotatable bonds is 6. The van der Waals surface area contributed by atoms with Gasteiger partial charge < -0.3 is 19.7 Å². The molecule has 8 nitrogen and oxygen atoms in total. The molecule has 0 aliphatic carbocycles. The van der Waals surface area contributed by atoms with Gasteiger partial charge in [0.25, 0.3) is 5.89 Å². The smallest absolute Gasteiger partial charge is 0.323 e. The summed E-state index contributed by atoms with van der Waals surface area (Å²) in [5.74, 6) is 0.159. The Morgan fingerprint density at radius 1 is 1.08 bits per heavy atom. The number of benzene rings is 3. The lowest BCUT2D eigenvalue weighted by molar-refractivity contribution is 0.262. The molecule has 0 bridgehead atoms. The van der Waals surface area contributed by atoms with E-state index in [1.807, 2.05) is 35.8 Å². The molecule has 0 saturated heterocycles. The molecule has 0 fully saturated rings. The van der Waals surface area contributed by atoms with Gasteiger partial charge in [-0.05, 0) is 54.4 Å². The van der Waals surface area contributed by atoms with Crippen LogP contribution in [0.15, 0.2) is 83.8 Å². The van der Waals surface area contributed by atoms with Crippen molar-refractivity contribution in [3.63, 3.8) is 0 Å². The summed E-state index contributed by atoms with van der Waals surface area (Å²) in [6.07, 6.45) is 3.45. The molecular weight excluding hydrogens is 483 g/mol. The largest absolute Gasteiger partial charge is 0.332 e. The molecule has 10 heteroatoms. The van der Waals surface area contributed by atoms with Gasteiger partial charge in [0, 0.05) is 34.7 Å². The van der Waals surface area contributed by atoms with Crippen LogP contribution < -0.4 is 10.6 Å². The molecule has 2 heterocycles. The van der Waals surface area contributed by atoms with Crippen LogP contribution in [0.1, 0.15) is 11.1 Å². The average molecular weight is 503 g/mol. The minimum Gasteiger partial charge on any atom is -0.332 e. The van der Waals surface area contributed by atoms with Crippen molar-refractivity contribution in [3.8, 4) is 23.0 Å². The summed E-state index contributed by atoms with van der Waals surface area (Å²) >= 11 is 6.11. The maximum atomic E-state index is 13.5. The zero-order valence-corrected chi connectivity index (χ0v) is 19.8. The van der Waals surface area contributed by atoms with Crippen molar-refractivity contribution in [2.45, 2.75) is 13.5 Å². The monoisotopic (exact) mass is 502 g/mol. The Bertz CT molecular complexity index is 1530. The molecular formula is C26H20ClFN6O2. The van der Waals surface area contributed by atoms with E-state index in [1.165, 1.54) is 12.1 Å². The second kappa shape index (κ2) is 10.0. The SMILES string of the molecule is Cc1c(Cl)cccc1NC(=O)Nc1ccc(Cn2cnc(-c3nc(-c4cccc(F)c4)no3)c2)cc1. The van der Waals surface area contributed by atoms with Crippen molar-refractivity contribution >= 4 is 29.0 Å². The quantitative estimate of drug-likeness (QED) is 0.280. The highest BCUT2D eigenvalue weighted by Gasteiger charge is 2.14. The normalized spacial score (nSPS) is 10.9. The predicted molar refractivity (Wildman–Crippen MR) is 135 cm³/mol. The van der Waals surface area contributed by atoms with Crippen LogP contribution in [-0.2, 0) is 6.54 Å². The molecule has 0 saturated carbocycles. The average Bonchev–Trinajstić information content (AvgIpc) is 3.53. The van der Waals surface area contributed by atoms with Gasteiger partial charge in [-0.15, -0.1) is 0 Å². The number of amides is 2. The third-order valence-electron chi connectivity index (χ3n) is 5.45. The Morgan fingerprint density at radius 3 is 2.69 bits per heavy atom. The highest BCUT2D eigenvalue weighted by atomic mass is 35.5. The molecule has 0 unspecified atom stereocenters. The first-order valence-electron chi connectivity index (χ1n) is 11.0. The molecule has 36 heavy (non-hydrogen) atoms. The van der Waals surface area contributed by atoms with E-state index in [4.69, 9.17) is 16.1 Å². The van der Waals surface area contributed by atoms with Crippen molar-refractivity contribution in [3.05, 3.63) is 101 Å². The Labute approximate surface area is 210 Å². The van der Waals surface area contributed by atoms with Gasteiger partial charge in [-0.2, -0.15) is 4.98 Å². The molecule has 2 N–H and O–H groups in total. The molecule has 5 aromatic rings. The lowest BCUT2D eigenvalue weighted by atomic mass is 10.2. The number of carbonyl (C=O) groups excluding carboxylic acids is 1. The first kappa shape index (κ1) is 23.3. The summed E-state index contributed by atoms with van der Waals surface area (Å²) in [4.78, 5) is 21.0. The third kappa shape index (κ3) is 5.26. The molecule has 2 aromatic heterocycles. The Hall–Kier alpha value is -4.50. The number of nitrogens with one attached hydrogen (secondary N) is 2. The maximum Gasteiger partial charge on any atom is 0.323 e. The number of aromatic nitrogens is 4. The van der Waals surface area contributed by atoms with Crippen LogP contribution in [0.25, 0.3) is 23.0 Å². The van der Waals surface area contributed by atoms with Crippen molar-refractivity contribution in [2.24, 2.45) is 0 Å². The Morgan fingerprint density at radius 2 is 1.89 bits per heavy atom. The van der Waals surface area contributed by atoms with Gasteiger partial charge in [-0.1, -0.05) is 47.1 Å². The highest BCUT2D eigenvalue weighted by molar-refractivity contribution is 6.31. The molecule has 0 aliphatic rings. The number of anilines is 2. The van der Waals surface area contributed by atoms with Crippen molar-refractivity contribution in [1.82, 2.24) is 19.7 Å². The Balaban J connectivity index is 1.20. The third-order valence-corrected chi connectivity index (χ3v) is 5.86. The van der Waals surface area contributed by atoms with Gasteiger partial charge in [0.1, 0.15) is 11.5 Å². The summed E-state index contributed by atoms with van der Waals surface area (Å²) in [5, 5.41) is 10.1. The minimum atomic E-state index is -0.374. The van der Waals surface area contributed by atoms with Gasteiger partial charge in [0.2, 0.25) is 5.82 Å². The van der Waals surface area contributed by atoms with E-state index in [0.29, 0.717) is 34.2 Å². The predicted octanol–water partition coefficient (Wildman–Crippen LogP) is 6.39. The second-order valence-electron chi connectivity index (χ2n) is 8.05. The summed E-state index contributed by atoms with van der Waals surface area (Å²) < 4.78 is 20.6. The molecule has 0 spiro atoms. The zero-order valence-electron chi connectivity index (χ0n) is 19.1. The minimum absolute atomic E-state index is 0.244. The number of halogens is 2. The molecule has 0 atom stereocenters. The summed E-state index contributed by atoms with van der Waals surface area (Å²) in [5.41, 5.74) is 4.14. The van der Waals surface area contributed by atoms with Gasteiger partial charge in [-0.25, -0.2) is 14.2 Å². The van der Waals surface area contributed by atoms with Gasteiger partial charge >= 0.3 is 6.03 Å². The van der Waals surface area contributed by atoms with Gasteiger partial charge in [-0.3, -0.25) is 0 Å². The fourth-order valence-electron chi connectivity index (χ4n) is 3.56. The van der Waals surface area contributed by atoms with E-state index in [1.54, 1.807) is 42.9 Å². The number of hydrogen-bond donors (Lipinski definition) is 2. The van der Waals surface area contributed by atoms with E-state index in [9.17, 15) is 9.18 Å². The molecule has 0 radical (unpaired) electrons. The number of urea groups is 1. The summed E-state index contributed by atoms with van der Waals surface area (Å²) in [7, 11) is 0. The van der Waals surface area contributed by atoms with Gasteiger partial charge in [0.05, 0.1) is 6.33 Å². The van der Waals surface area contributed by atoms with E-state index in [2.05, 4.69) is 25.8 Å². The molecule has 2 amide bonds. The molecule has 5 rings (SSSR count). The van der Waals surface area contributed by atoms with Crippen molar-refractivity contribution < 1.29 is 13.7 Å². The van der Waals surface area contributed by atoms with Crippen LogP contribution in [-0.4, -0.2) is 25.7 Å². The van der Waals surface area contributed by atoms with Crippen LogP contribution in [0.2, 0.25) is 5.02 Å². The first-order valence-corrected chi connectivity index (χ1v) is 11.4. The van der Waals surface area contributed by atoms with Crippen molar-refractivity contribution in [2.75, 3.05) is 10.6 Å².